The van der Waals surface area contributed by atoms with Gasteiger partial charge in [-0.25, -0.2) is 14.6 Å². The van der Waals surface area contributed by atoms with Gasteiger partial charge in [0.1, 0.15) is 0 Å². The molecule has 3 aromatic rings. The minimum absolute atomic E-state index is 0.271. The van der Waals surface area contributed by atoms with E-state index in [2.05, 4.69) is 56.7 Å². The Kier molecular flexibility index (Phi) is 7.49. The number of hydrogen-bond acceptors (Lipinski definition) is 5. The summed E-state index contributed by atoms with van der Waals surface area (Å²) in [5.41, 5.74) is 3.61. The number of anilines is 1. The molecule has 2 amide bonds. The Morgan fingerprint density at radius 3 is 2.45 bits per heavy atom. The molecule has 4 rings (SSSR count). The predicted octanol–water partition coefficient (Wildman–Crippen LogP) is 2.36. The van der Waals surface area contributed by atoms with Crippen LogP contribution in [0.1, 0.15) is 16.7 Å². The fourth-order valence-electron chi connectivity index (χ4n) is 3.84. The summed E-state index contributed by atoms with van der Waals surface area (Å²) >= 11 is 0. The molecule has 8 nitrogen and oxygen atoms in total. The van der Waals surface area contributed by atoms with E-state index in [1.807, 2.05) is 24.3 Å². The molecule has 2 heterocycles. The molecule has 0 unspecified atom stereocenters. The average Bonchev–Trinajstić information content (AvgIpc) is 2.82. The van der Waals surface area contributed by atoms with Crippen molar-refractivity contribution in [1.29, 1.82) is 0 Å². The molecule has 2 aromatic carbocycles. The van der Waals surface area contributed by atoms with Crippen molar-refractivity contribution in [3.63, 3.8) is 0 Å². The maximum Gasteiger partial charge on any atom is 0.347 e. The third kappa shape index (κ3) is 6.74. The minimum atomic E-state index is -0.303. The molecule has 1 saturated heterocycles. The van der Waals surface area contributed by atoms with E-state index >= 15 is 0 Å². The zero-order valence-electron chi connectivity index (χ0n) is 18.9. The highest BCUT2D eigenvalue weighted by Gasteiger charge is 2.13. The molecule has 0 aliphatic carbocycles. The van der Waals surface area contributed by atoms with Gasteiger partial charge in [-0.15, -0.1) is 0 Å². The number of nitrogens with one attached hydrogen (secondary N) is 2. The van der Waals surface area contributed by atoms with Gasteiger partial charge in [0.15, 0.2) is 0 Å². The van der Waals surface area contributed by atoms with E-state index < -0.39 is 0 Å². The number of hydrogen-bond donors (Lipinski definition) is 2. The first-order chi connectivity index (χ1) is 16.0. The van der Waals surface area contributed by atoms with E-state index in [0.717, 1.165) is 43.9 Å². The molecule has 1 aliphatic heterocycles. The Bertz CT molecular complexity index is 1120. The molecule has 0 bridgehead atoms. The summed E-state index contributed by atoms with van der Waals surface area (Å²) in [6.07, 6.45) is 3.17. The third-order valence-electron chi connectivity index (χ3n) is 5.80. The number of nitrogens with zero attached hydrogens (tertiary/aromatic N) is 4. The Balaban J connectivity index is 1.25. The zero-order valence-corrected chi connectivity index (χ0v) is 18.9. The second kappa shape index (κ2) is 10.9. The highest BCUT2D eigenvalue weighted by atomic mass is 16.2. The summed E-state index contributed by atoms with van der Waals surface area (Å²) in [5.74, 6) is 0. The predicted molar refractivity (Wildman–Crippen MR) is 129 cm³/mol. The van der Waals surface area contributed by atoms with E-state index in [4.69, 9.17) is 0 Å². The zero-order chi connectivity index (χ0) is 23.0. The summed E-state index contributed by atoms with van der Waals surface area (Å²) in [5, 5.41) is 5.76. The van der Waals surface area contributed by atoms with Crippen LogP contribution in [0.3, 0.4) is 0 Å². The lowest BCUT2D eigenvalue weighted by molar-refractivity contribution is 0.148. The first-order valence-corrected chi connectivity index (χ1v) is 11.2. The molecule has 1 fully saturated rings. The molecule has 0 spiro atoms. The second-order valence-electron chi connectivity index (χ2n) is 8.43. The topological polar surface area (TPSA) is 82.5 Å². The Morgan fingerprint density at radius 1 is 0.939 bits per heavy atom. The van der Waals surface area contributed by atoms with Crippen LogP contribution >= 0.6 is 0 Å². The van der Waals surface area contributed by atoms with Gasteiger partial charge >= 0.3 is 11.7 Å². The average molecular weight is 447 g/mol. The fraction of sp³-hybridized carbons (Fsp3) is 0.320. The molecule has 1 aliphatic rings. The fourth-order valence-corrected chi connectivity index (χ4v) is 3.84. The number of amides is 2. The van der Waals surface area contributed by atoms with Gasteiger partial charge in [-0.2, -0.15) is 0 Å². The number of rotatable bonds is 7. The molecule has 33 heavy (non-hydrogen) atoms. The number of carbonyl (C=O) groups is 1. The highest BCUT2D eigenvalue weighted by molar-refractivity contribution is 5.89. The number of piperazine rings is 1. The van der Waals surface area contributed by atoms with Crippen molar-refractivity contribution in [2.75, 3.05) is 38.5 Å². The molecule has 172 valence electrons. The smallest absolute Gasteiger partial charge is 0.334 e. The number of carbonyl (C=O) groups excluding carboxylic acids is 1. The van der Waals surface area contributed by atoms with E-state index in [9.17, 15) is 9.59 Å². The number of aromatic nitrogens is 2. The number of likely N-dealkylation sites (N-methyl/N-ethyl adjacent to an activating group) is 1. The van der Waals surface area contributed by atoms with Crippen molar-refractivity contribution in [3.8, 4) is 0 Å². The quantitative estimate of drug-likeness (QED) is 0.582. The van der Waals surface area contributed by atoms with Crippen LogP contribution in [0.25, 0.3) is 0 Å². The van der Waals surface area contributed by atoms with Crippen molar-refractivity contribution in [2.24, 2.45) is 0 Å². The molecule has 8 heteroatoms. The van der Waals surface area contributed by atoms with Crippen molar-refractivity contribution in [2.45, 2.75) is 19.6 Å². The summed E-state index contributed by atoms with van der Waals surface area (Å²) < 4.78 is 1.52. The second-order valence-corrected chi connectivity index (χ2v) is 8.43. The van der Waals surface area contributed by atoms with Gasteiger partial charge in [0.05, 0.1) is 6.54 Å². The van der Waals surface area contributed by atoms with Gasteiger partial charge in [-0.1, -0.05) is 36.4 Å². The van der Waals surface area contributed by atoms with E-state index in [1.54, 1.807) is 12.3 Å². The largest absolute Gasteiger partial charge is 0.347 e. The first-order valence-electron chi connectivity index (χ1n) is 11.2. The van der Waals surface area contributed by atoms with Crippen molar-refractivity contribution in [3.05, 3.63) is 94.2 Å². The van der Waals surface area contributed by atoms with E-state index in [0.29, 0.717) is 18.8 Å². The monoisotopic (exact) mass is 446 g/mol. The molecule has 0 radical (unpaired) electrons. The number of urea groups is 1. The lowest BCUT2D eigenvalue weighted by Gasteiger charge is -2.32. The van der Waals surface area contributed by atoms with Crippen molar-refractivity contribution in [1.82, 2.24) is 24.7 Å². The molecule has 1 aromatic heterocycles. The Hall–Kier alpha value is -3.49. The van der Waals surface area contributed by atoms with Gasteiger partial charge in [0.2, 0.25) is 0 Å². The van der Waals surface area contributed by atoms with Crippen LogP contribution in [0.4, 0.5) is 10.5 Å². The van der Waals surface area contributed by atoms with Crippen molar-refractivity contribution < 1.29 is 4.79 Å². The number of benzene rings is 2. The maximum absolute atomic E-state index is 12.4. The highest BCUT2D eigenvalue weighted by Crippen LogP contribution is 2.12. The molecular formula is C25H30N6O2. The minimum Gasteiger partial charge on any atom is -0.334 e. The van der Waals surface area contributed by atoms with Crippen LogP contribution in [0, 0.1) is 0 Å². The van der Waals surface area contributed by atoms with Crippen LogP contribution in [0.15, 0.2) is 71.8 Å². The van der Waals surface area contributed by atoms with Crippen molar-refractivity contribution >= 4 is 11.7 Å². The van der Waals surface area contributed by atoms with Crippen LogP contribution in [0.2, 0.25) is 0 Å². The Morgan fingerprint density at radius 2 is 1.70 bits per heavy atom. The van der Waals surface area contributed by atoms with Crippen LogP contribution in [0.5, 0.6) is 0 Å². The SMILES string of the molecule is CN1CCN(Cc2ccc(CNC(=O)Nc3cccc(Cn4cccnc4=O)c3)cc2)CC1. The molecule has 2 N–H and O–H groups in total. The van der Waals surface area contributed by atoms with Gasteiger partial charge in [0.25, 0.3) is 0 Å². The molecule has 0 atom stereocenters. The summed E-state index contributed by atoms with van der Waals surface area (Å²) in [4.78, 5) is 32.8. The van der Waals surface area contributed by atoms with Gasteiger partial charge < -0.3 is 15.5 Å². The van der Waals surface area contributed by atoms with Gasteiger partial charge in [-0.3, -0.25) is 9.47 Å². The lowest BCUT2D eigenvalue weighted by Crippen LogP contribution is -2.43. The van der Waals surface area contributed by atoms with Crippen LogP contribution in [-0.4, -0.2) is 58.6 Å². The summed E-state index contributed by atoms with van der Waals surface area (Å²) in [6.45, 7) is 6.23. The van der Waals surface area contributed by atoms with Gasteiger partial charge in [0, 0.05) is 57.3 Å². The third-order valence-corrected chi connectivity index (χ3v) is 5.80. The van der Waals surface area contributed by atoms with Crippen LogP contribution in [-0.2, 0) is 19.6 Å². The standard InChI is InChI=1S/C25H30N6O2/c1-29-12-14-30(15-13-29)18-21-8-6-20(7-9-21)17-27-24(32)28-23-5-2-4-22(16-23)19-31-11-3-10-26-25(31)33/h2-11,16H,12-15,17-19H2,1H3,(H2,27,28,32). The van der Waals surface area contributed by atoms with Gasteiger partial charge in [-0.05, 0) is 41.9 Å². The lowest BCUT2D eigenvalue weighted by atomic mass is 10.1. The normalized spacial score (nSPS) is 14.7. The maximum atomic E-state index is 12.4. The molecule has 0 saturated carbocycles. The van der Waals surface area contributed by atoms with E-state index in [1.165, 1.54) is 16.3 Å². The molecular weight excluding hydrogens is 416 g/mol. The Labute approximate surface area is 193 Å². The van der Waals surface area contributed by atoms with E-state index in [-0.39, 0.29) is 11.7 Å². The van der Waals surface area contributed by atoms with Crippen LogP contribution < -0.4 is 16.3 Å². The first kappa shape index (κ1) is 22.7. The summed E-state index contributed by atoms with van der Waals surface area (Å²) in [6, 6.07) is 17.3. The summed E-state index contributed by atoms with van der Waals surface area (Å²) in [7, 11) is 2.16.